The van der Waals surface area contributed by atoms with Crippen molar-refractivity contribution in [1.82, 2.24) is 15.1 Å². The maximum Gasteiger partial charge on any atom is 0.261 e. The fraction of sp³-hybridized carbons (Fsp3) is 0.429. The molecule has 0 saturated carbocycles. The normalized spacial score (nSPS) is 14.3. The molecule has 192 valence electrons. The molecule has 0 saturated heterocycles. The van der Waals surface area contributed by atoms with Gasteiger partial charge in [0.15, 0.2) is 0 Å². The van der Waals surface area contributed by atoms with Crippen LogP contribution in [0.3, 0.4) is 0 Å². The van der Waals surface area contributed by atoms with Crippen LogP contribution in [0.1, 0.15) is 72.7 Å². The van der Waals surface area contributed by atoms with Crippen LogP contribution < -0.4 is 10.1 Å². The Bertz CT molecular complexity index is 1080. The van der Waals surface area contributed by atoms with Crippen LogP contribution in [0.4, 0.5) is 0 Å². The smallest absolute Gasteiger partial charge is 0.261 e. The van der Waals surface area contributed by atoms with Crippen molar-refractivity contribution >= 4 is 23.6 Å². The average molecular weight is 494 g/mol. The zero-order valence-corrected chi connectivity index (χ0v) is 21.5. The number of carbonyl (C=O) groups is 4. The lowest BCUT2D eigenvalue weighted by Crippen LogP contribution is -2.50. The van der Waals surface area contributed by atoms with Crippen molar-refractivity contribution in [2.75, 3.05) is 13.7 Å². The largest absolute Gasteiger partial charge is 0.497 e. The molecule has 0 bridgehead atoms. The molecule has 1 aliphatic heterocycles. The summed E-state index contributed by atoms with van der Waals surface area (Å²) in [5.41, 5.74) is 1.63. The minimum atomic E-state index is -0.642. The van der Waals surface area contributed by atoms with Crippen LogP contribution in [0, 0.1) is 0 Å². The molecule has 1 heterocycles. The molecular weight excluding hydrogens is 458 g/mol. The van der Waals surface area contributed by atoms with E-state index in [4.69, 9.17) is 4.74 Å². The number of fused-ring (bicyclic) bond motifs is 1. The van der Waals surface area contributed by atoms with Crippen LogP contribution in [0.2, 0.25) is 0 Å². The molecule has 0 aliphatic carbocycles. The molecular formula is C28H35N3O5. The van der Waals surface area contributed by atoms with E-state index in [1.54, 1.807) is 36.3 Å². The molecule has 3 rings (SSSR count). The van der Waals surface area contributed by atoms with Gasteiger partial charge in [0.05, 0.1) is 18.2 Å². The van der Waals surface area contributed by atoms with E-state index in [9.17, 15) is 19.2 Å². The van der Waals surface area contributed by atoms with E-state index in [0.29, 0.717) is 29.7 Å². The summed E-state index contributed by atoms with van der Waals surface area (Å²) in [4.78, 5) is 54.6. The van der Waals surface area contributed by atoms with Gasteiger partial charge in [-0.15, -0.1) is 0 Å². The highest BCUT2D eigenvalue weighted by atomic mass is 16.5. The molecule has 0 aromatic heterocycles. The first-order valence-electron chi connectivity index (χ1n) is 12.5. The summed E-state index contributed by atoms with van der Waals surface area (Å²) in [6.07, 6.45) is 1.65. The first-order valence-corrected chi connectivity index (χ1v) is 12.5. The van der Waals surface area contributed by atoms with Crippen LogP contribution in [-0.4, -0.2) is 59.2 Å². The fourth-order valence-electron chi connectivity index (χ4n) is 4.30. The first-order chi connectivity index (χ1) is 17.3. The monoisotopic (exact) mass is 493 g/mol. The lowest BCUT2D eigenvalue weighted by atomic mass is 10.1. The molecule has 0 unspecified atom stereocenters. The second kappa shape index (κ2) is 12.3. The molecule has 2 aromatic rings. The van der Waals surface area contributed by atoms with Crippen LogP contribution in [-0.2, 0) is 16.1 Å². The van der Waals surface area contributed by atoms with Crippen molar-refractivity contribution in [1.29, 1.82) is 0 Å². The van der Waals surface area contributed by atoms with Crippen molar-refractivity contribution in [2.24, 2.45) is 0 Å². The SMILES string of the molecule is CC[C@H](C)NC(=O)[C@H](CC)N(Cc1cccc(OC)c1)C(=O)CCCN1C(=O)c2ccccc2C1=O. The third-order valence-electron chi connectivity index (χ3n) is 6.52. The average Bonchev–Trinajstić information content (AvgIpc) is 3.13. The highest BCUT2D eigenvalue weighted by Gasteiger charge is 2.35. The van der Waals surface area contributed by atoms with E-state index in [-0.39, 0.29) is 49.2 Å². The zero-order chi connectivity index (χ0) is 26.2. The number of ether oxygens (including phenoxy) is 1. The van der Waals surface area contributed by atoms with Crippen molar-refractivity contribution in [3.05, 3.63) is 65.2 Å². The Morgan fingerprint density at radius 3 is 2.25 bits per heavy atom. The maximum atomic E-state index is 13.4. The molecule has 36 heavy (non-hydrogen) atoms. The molecule has 8 nitrogen and oxygen atoms in total. The molecule has 2 atom stereocenters. The lowest BCUT2D eigenvalue weighted by Gasteiger charge is -2.31. The van der Waals surface area contributed by atoms with Gasteiger partial charge in [-0.25, -0.2) is 0 Å². The number of carbonyl (C=O) groups excluding carboxylic acids is 4. The highest BCUT2D eigenvalue weighted by molar-refractivity contribution is 6.21. The number of amides is 4. The topological polar surface area (TPSA) is 96.0 Å². The number of hydrogen-bond acceptors (Lipinski definition) is 5. The van der Waals surface area contributed by atoms with Crippen LogP contribution in [0.15, 0.2) is 48.5 Å². The summed E-state index contributed by atoms with van der Waals surface area (Å²) in [5, 5.41) is 2.99. The summed E-state index contributed by atoms with van der Waals surface area (Å²) >= 11 is 0. The number of hydrogen-bond donors (Lipinski definition) is 1. The standard InChI is InChI=1S/C28H35N3O5/c1-5-19(3)29-26(33)24(6-2)31(18-20-11-9-12-21(17-20)36-4)25(32)15-10-16-30-27(34)22-13-7-8-14-23(22)28(30)35/h7-9,11-14,17,19,24H,5-6,10,15-16,18H2,1-4H3,(H,29,33)/t19-,24-/m0/s1. The van der Waals surface area contributed by atoms with Crippen molar-refractivity contribution < 1.29 is 23.9 Å². The fourth-order valence-corrected chi connectivity index (χ4v) is 4.30. The lowest BCUT2D eigenvalue weighted by molar-refractivity contribution is -0.141. The van der Waals surface area contributed by atoms with Gasteiger partial charge >= 0.3 is 0 Å². The van der Waals surface area contributed by atoms with Gasteiger partial charge in [-0.2, -0.15) is 0 Å². The summed E-state index contributed by atoms with van der Waals surface area (Å²) in [7, 11) is 1.58. The quantitative estimate of drug-likeness (QED) is 0.454. The third-order valence-corrected chi connectivity index (χ3v) is 6.52. The molecule has 0 radical (unpaired) electrons. The summed E-state index contributed by atoms with van der Waals surface area (Å²) in [6.45, 7) is 6.19. The predicted molar refractivity (Wildman–Crippen MR) is 137 cm³/mol. The zero-order valence-electron chi connectivity index (χ0n) is 21.5. The summed E-state index contributed by atoms with van der Waals surface area (Å²) in [5.74, 6) is -0.405. The Hall–Kier alpha value is -3.68. The molecule has 1 N–H and O–H groups in total. The Morgan fingerprint density at radius 1 is 1.00 bits per heavy atom. The van der Waals surface area contributed by atoms with Crippen LogP contribution >= 0.6 is 0 Å². The van der Waals surface area contributed by atoms with E-state index >= 15 is 0 Å². The van der Waals surface area contributed by atoms with Gasteiger partial charge < -0.3 is 15.0 Å². The van der Waals surface area contributed by atoms with E-state index in [0.717, 1.165) is 12.0 Å². The number of rotatable bonds is 12. The molecule has 1 aliphatic rings. The Balaban J connectivity index is 1.73. The van der Waals surface area contributed by atoms with E-state index in [1.807, 2.05) is 45.0 Å². The van der Waals surface area contributed by atoms with Gasteiger partial charge in [-0.1, -0.05) is 38.1 Å². The summed E-state index contributed by atoms with van der Waals surface area (Å²) in [6, 6.07) is 13.5. The highest BCUT2D eigenvalue weighted by Crippen LogP contribution is 2.23. The van der Waals surface area contributed by atoms with Crippen molar-refractivity contribution in [3.8, 4) is 5.75 Å². The molecule has 0 fully saturated rings. The molecule has 2 aromatic carbocycles. The number of nitrogens with zero attached hydrogens (tertiary/aromatic N) is 2. The Labute approximate surface area is 212 Å². The number of nitrogens with one attached hydrogen (secondary N) is 1. The minimum Gasteiger partial charge on any atom is -0.497 e. The second-order valence-electron chi connectivity index (χ2n) is 9.03. The second-order valence-corrected chi connectivity index (χ2v) is 9.03. The Morgan fingerprint density at radius 2 is 1.67 bits per heavy atom. The molecule has 8 heteroatoms. The van der Waals surface area contributed by atoms with Crippen LogP contribution in [0.25, 0.3) is 0 Å². The first kappa shape index (κ1) is 26.9. The van der Waals surface area contributed by atoms with Crippen molar-refractivity contribution in [3.63, 3.8) is 0 Å². The van der Waals surface area contributed by atoms with Crippen LogP contribution in [0.5, 0.6) is 5.75 Å². The minimum absolute atomic E-state index is 0.00542. The van der Waals surface area contributed by atoms with E-state index < -0.39 is 6.04 Å². The predicted octanol–water partition coefficient (Wildman–Crippen LogP) is 3.79. The summed E-state index contributed by atoms with van der Waals surface area (Å²) < 4.78 is 5.31. The van der Waals surface area contributed by atoms with Gasteiger partial charge in [0.1, 0.15) is 11.8 Å². The van der Waals surface area contributed by atoms with E-state index in [2.05, 4.69) is 5.32 Å². The van der Waals surface area contributed by atoms with Gasteiger partial charge in [-0.3, -0.25) is 24.1 Å². The number of benzene rings is 2. The van der Waals surface area contributed by atoms with Crippen molar-refractivity contribution in [2.45, 2.75) is 65.1 Å². The number of methoxy groups -OCH3 is 1. The maximum absolute atomic E-state index is 13.4. The molecule has 0 spiro atoms. The van der Waals surface area contributed by atoms with Gasteiger partial charge in [0.25, 0.3) is 11.8 Å². The van der Waals surface area contributed by atoms with Gasteiger partial charge in [0.2, 0.25) is 11.8 Å². The number of imide groups is 1. The van der Waals surface area contributed by atoms with Gasteiger partial charge in [0, 0.05) is 25.6 Å². The van der Waals surface area contributed by atoms with E-state index in [1.165, 1.54) is 4.90 Å². The molecule has 4 amide bonds. The van der Waals surface area contributed by atoms with Gasteiger partial charge in [-0.05, 0) is 56.0 Å². The third kappa shape index (κ3) is 6.11. The Kier molecular flexibility index (Phi) is 9.22.